The van der Waals surface area contributed by atoms with E-state index in [1.807, 2.05) is 0 Å². The molecule has 38 heavy (non-hydrogen) atoms. The minimum absolute atomic E-state index is 0.263. The van der Waals surface area contributed by atoms with Gasteiger partial charge in [0.2, 0.25) is 0 Å². The third-order valence-electron chi connectivity index (χ3n) is 5.78. The van der Waals surface area contributed by atoms with Crippen molar-refractivity contribution in [2.45, 2.75) is 35.5 Å². The predicted molar refractivity (Wildman–Crippen MR) is 114 cm³/mol. The summed E-state index contributed by atoms with van der Waals surface area (Å²) in [4.78, 5) is 0. The average molecular weight is 560 g/mol. The van der Waals surface area contributed by atoms with Gasteiger partial charge < -0.3 is 11.5 Å². The van der Waals surface area contributed by atoms with Gasteiger partial charge in [-0.15, -0.1) is 0 Å². The van der Waals surface area contributed by atoms with E-state index in [1.165, 1.54) is 0 Å². The number of rotatable bonds is 8. The molecular formula is C24H16F12N2. The quantitative estimate of drug-likeness (QED) is 0.218. The van der Waals surface area contributed by atoms with Crippen LogP contribution >= 0.6 is 0 Å². The lowest BCUT2D eigenvalue weighted by molar-refractivity contribution is -0.330. The van der Waals surface area contributed by atoms with Gasteiger partial charge in [0.25, 0.3) is 0 Å². The molecule has 206 valence electrons. The number of hydrogen-bond acceptors (Lipinski definition) is 2. The number of anilines is 2. The van der Waals surface area contributed by atoms with Crippen molar-refractivity contribution in [1.29, 1.82) is 0 Å². The normalized spacial score (nSPS) is 14.0. The minimum atomic E-state index is -6.57. The number of para-hydroxylation sites is 2. The molecule has 0 aliphatic carbocycles. The van der Waals surface area contributed by atoms with Crippen molar-refractivity contribution >= 4 is 11.4 Å². The zero-order valence-electron chi connectivity index (χ0n) is 18.6. The summed E-state index contributed by atoms with van der Waals surface area (Å²) in [5.74, 6) is -37.4. The summed E-state index contributed by atoms with van der Waals surface area (Å²) >= 11 is 0. The third kappa shape index (κ3) is 4.00. The molecule has 3 rings (SSSR count). The first-order chi connectivity index (χ1) is 17.3. The van der Waals surface area contributed by atoms with E-state index in [-0.39, 0.29) is 24.3 Å². The molecule has 0 spiro atoms. The molecule has 0 fully saturated rings. The highest BCUT2D eigenvalue weighted by Gasteiger charge is 2.77. The lowest BCUT2D eigenvalue weighted by Crippen LogP contribution is -2.54. The first-order valence-corrected chi connectivity index (χ1v) is 10.3. The van der Waals surface area contributed by atoms with Crippen molar-refractivity contribution in [1.82, 2.24) is 0 Å². The molecule has 3 aromatic carbocycles. The van der Waals surface area contributed by atoms with Gasteiger partial charge in [0.1, 0.15) is 0 Å². The van der Waals surface area contributed by atoms with Crippen molar-refractivity contribution in [2.75, 3.05) is 11.5 Å². The Morgan fingerprint density at radius 1 is 0.342 bits per heavy atom. The van der Waals surface area contributed by atoms with Gasteiger partial charge >= 0.3 is 35.5 Å². The van der Waals surface area contributed by atoms with Gasteiger partial charge in [-0.1, -0.05) is 60.7 Å². The molecule has 3 aromatic rings. The molecule has 0 aromatic heterocycles. The van der Waals surface area contributed by atoms with Crippen LogP contribution in [0.3, 0.4) is 0 Å². The fraction of sp³-hybridized carbons (Fsp3) is 0.250. The second-order valence-corrected chi connectivity index (χ2v) is 8.17. The number of hydrogen-bond donors (Lipinski definition) is 2. The van der Waals surface area contributed by atoms with Gasteiger partial charge in [0, 0.05) is 22.5 Å². The number of benzene rings is 3. The van der Waals surface area contributed by atoms with E-state index in [0.717, 1.165) is 24.3 Å². The predicted octanol–water partition coefficient (Wildman–Crippen LogP) is 7.89. The van der Waals surface area contributed by atoms with Crippen LogP contribution in [0, 0.1) is 0 Å². The van der Waals surface area contributed by atoms with Crippen LogP contribution in [0.25, 0.3) is 0 Å². The van der Waals surface area contributed by atoms with E-state index in [9.17, 15) is 35.1 Å². The highest BCUT2D eigenvalue weighted by Crippen LogP contribution is 2.61. The van der Waals surface area contributed by atoms with E-state index in [2.05, 4.69) is 0 Å². The molecule has 0 atom stereocenters. The molecule has 2 nitrogen and oxygen atoms in total. The van der Waals surface area contributed by atoms with E-state index < -0.39 is 69.2 Å². The first-order valence-electron chi connectivity index (χ1n) is 10.3. The second kappa shape index (κ2) is 9.02. The molecule has 0 amide bonds. The van der Waals surface area contributed by atoms with Gasteiger partial charge in [-0.3, -0.25) is 0 Å². The smallest absolute Gasteiger partial charge is 0.380 e. The van der Waals surface area contributed by atoms with Gasteiger partial charge in [-0.05, 0) is 12.1 Å². The Hall–Kier alpha value is -3.58. The summed E-state index contributed by atoms with van der Waals surface area (Å²) in [5.41, 5.74) is -0.870. The third-order valence-corrected chi connectivity index (χ3v) is 5.78. The Balaban J connectivity index is 2.21. The molecule has 0 saturated heterocycles. The van der Waals surface area contributed by atoms with Crippen molar-refractivity contribution in [3.63, 3.8) is 0 Å². The molecular weight excluding hydrogens is 544 g/mol. The lowest BCUT2D eigenvalue weighted by Gasteiger charge is -2.37. The molecule has 0 bridgehead atoms. The average Bonchev–Trinajstić information content (AvgIpc) is 2.83. The summed E-state index contributed by atoms with van der Waals surface area (Å²) in [6.45, 7) is 0. The number of nitrogen functional groups attached to an aromatic ring is 2. The number of halogens is 12. The lowest BCUT2D eigenvalue weighted by atomic mass is 9.85. The Morgan fingerprint density at radius 2 is 0.553 bits per heavy atom. The van der Waals surface area contributed by atoms with Crippen LogP contribution < -0.4 is 11.5 Å². The van der Waals surface area contributed by atoms with Crippen LogP contribution in [-0.2, 0) is 23.7 Å². The zero-order chi connectivity index (χ0) is 28.9. The Morgan fingerprint density at radius 3 is 0.816 bits per heavy atom. The van der Waals surface area contributed by atoms with Crippen LogP contribution in [0.2, 0.25) is 0 Å². The summed E-state index contributed by atoms with van der Waals surface area (Å²) in [6.07, 6.45) is 0. The standard InChI is InChI=1S/C24H16F12N2/c25-19(26,23(33,34)21(29,30)15-9-3-5-11-17(15)37)13-7-1-2-8-14(13)20(27,28)24(35,36)22(31,32)16-10-4-6-12-18(16)38/h1-12H,37-38H2. The fourth-order valence-corrected chi connectivity index (χ4v) is 3.67. The van der Waals surface area contributed by atoms with E-state index in [0.29, 0.717) is 24.3 Å². The van der Waals surface area contributed by atoms with Crippen LogP contribution in [0.15, 0.2) is 72.8 Å². The fourth-order valence-electron chi connectivity index (χ4n) is 3.67. The zero-order valence-corrected chi connectivity index (χ0v) is 18.6. The Kier molecular flexibility index (Phi) is 6.88. The Labute approximate surface area is 206 Å². The first kappa shape index (κ1) is 29.0. The van der Waals surface area contributed by atoms with E-state index in [4.69, 9.17) is 11.5 Å². The summed E-state index contributed by atoms with van der Waals surface area (Å²) in [7, 11) is 0. The number of alkyl halides is 12. The van der Waals surface area contributed by atoms with Gasteiger partial charge in [-0.2, -0.15) is 52.7 Å². The Bertz CT molecular complexity index is 1220. The van der Waals surface area contributed by atoms with E-state index in [1.54, 1.807) is 0 Å². The maximum absolute atomic E-state index is 15.1. The summed E-state index contributed by atoms with van der Waals surface area (Å²) in [6, 6.07) is 5.55. The molecule has 0 aliphatic heterocycles. The van der Waals surface area contributed by atoms with Crippen molar-refractivity contribution in [3.8, 4) is 0 Å². The highest BCUT2D eigenvalue weighted by molar-refractivity contribution is 5.52. The molecule has 0 aliphatic rings. The monoisotopic (exact) mass is 560 g/mol. The molecule has 0 heterocycles. The van der Waals surface area contributed by atoms with Gasteiger partial charge in [-0.25, -0.2) is 0 Å². The van der Waals surface area contributed by atoms with Gasteiger partial charge in [0.05, 0.1) is 11.1 Å². The summed E-state index contributed by atoms with van der Waals surface area (Å²) in [5, 5.41) is 0. The molecule has 0 saturated carbocycles. The van der Waals surface area contributed by atoms with Crippen LogP contribution in [0.5, 0.6) is 0 Å². The maximum Gasteiger partial charge on any atom is 0.380 e. The van der Waals surface area contributed by atoms with Crippen molar-refractivity contribution in [3.05, 3.63) is 95.1 Å². The topological polar surface area (TPSA) is 52.0 Å². The molecule has 0 unspecified atom stereocenters. The highest BCUT2D eigenvalue weighted by atomic mass is 19.4. The second-order valence-electron chi connectivity index (χ2n) is 8.17. The summed E-state index contributed by atoms with van der Waals surface area (Å²) < 4.78 is 178. The van der Waals surface area contributed by atoms with Gasteiger partial charge in [0.15, 0.2) is 0 Å². The largest absolute Gasteiger partial charge is 0.398 e. The molecule has 0 radical (unpaired) electrons. The SMILES string of the molecule is Nc1ccccc1C(F)(F)C(F)(F)C(F)(F)c1ccccc1C(F)(F)C(F)(F)C(F)(F)c1ccccc1N. The molecule has 4 N–H and O–H groups in total. The van der Waals surface area contributed by atoms with Crippen molar-refractivity contribution < 1.29 is 52.7 Å². The maximum atomic E-state index is 15.1. The number of nitrogens with two attached hydrogens (primary N) is 2. The van der Waals surface area contributed by atoms with Crippen LogP contribution in [0.1, 0.15) is 22.3 Å². The molecule has 14 heteroatoms. The van der Waals surface area contributed by atoms with Crippen molar-refractivity contribution in [2.24, 2.45) is 0 Å². The van der Waals surface area contributed by atoms with E-state index >= 15 is 17.6 Å². The van der Waals surface area contributed by atoms with Crippen LogP contribution in [-0.4, -0.2) is 11.8 Å². The minimum Gasteiger partial charge on any atom is -0.398 e. The van der Waals surface area contributed by atoms with Crippen LogP contribution in [0.4, 0.5) is 64.1 Å².